The van der Waals surface area contributed by atoms with Crippen LogP contribution in [0.3, 0.4) is 0 Å². The highest BCUT2D eigenvalue weighted by atomic mass is 15.0. The van der Waals surface area contributed by atoms with Crippen molar-refractivity contribution in [2.45, 2.75) is 25.2 Å². The first-order valence-corrected chi connectivity index (χ1v) is 17.9. The van der Waals surface area contributed by atoms with E-state index < -0.39 is 0 Å². The van der Waals surface area contributed by atoms with Crippen LogP contribution in [0.1, 0.15) is 30.9 Å². The summed E-state index contributed by atoms with van der Waals surface area (Å²) in [5.74, 6) is 1.13. The van der Waals surface area contributed by atoms with Crippen molar-refractivity contribution in [3.63, 3.8) is 0 Å². The minimum atomic E-state index is 0.370. The highest BCUT2D eigenvalue weighted by Crippen LogP contribution is 2.42. The number of aromatic nitrogens is 3. The van der Waals surface area contributed by atoms with Gasteiger partial charge < -0.3 is 4.57 Å². The molecule has 1 aliphatic rings. The standard InChI is InChI=1S/C48H35N3/c1-4-14-32(15-5-1)37-28-38(48-49-42(35-18-6-2-7-19-35)31-43(50-48)36-20-8-3-9-21-36)30-39(29-37)51-44-26-24-33-16-10-12-22-40(33)46(44)47-41-23-13-11-17-34(41)25-27-45(47)51/h1-8,10-19,22-31,36H,9,20-21H2. The van der Waals surface area contributed by atoms with Crippen molar-refractivity contribution in [1.29, 1.82) is 0 Å². The third-order valence-electron chi connectivity index (χ3n) is 10.6. The van der Waals surface area contributed by atoms with Crippen LogP contribution in [0.5, 0.6) is 0 Å². The van der Waals surface area contributed by atoms with Gasteiger partial charge in [0.2, 0.25) is 0 Å². The minimum Gasteiger partial charge on any atom is -0.309 e. The molecular weight excluding hydrogens is 619 g/mol. The Morgan fingerprint density at radius 3 is 1.75 bits per heavy atom. The Kier molecular flexibility index (Phi) is 7.09. The molecular formula is C48H35N3. The zero-order valence-corrected chi connectivity index (χ0v) is 28.2. The Morgan fingerprint density at radius 1 is 0.490 bits per heavy atom. The Balaban J connectivity index is 1.28. The van der Waals surface area contributed by atoms with E-state index in [1.807, 2.05) is 0 Å². The molecule has 3 heteroatoms. The van der Waals surface area contributed by atoms with E-state index in [0.29, 0.717) is 5.92 Å². The van der Waals surface area contributed by atoms with Gasteiger partial charge in [-0.25, -0.2) is 9.97 Å². The molecule has 9 aromatic rings. The zero-order chi connectivity index (χ0) is 33.7. The topological polar surface area (TPSA) is 30.7 Å². The molecule has 242 valence electrons. The highest BCUT2D eigenvalue weighted by molar-refractivity contribution is 6.28. The lowest BCUT2D eigenvalue weighted by Gasteiger charge is -2.19. The fourth-order valence-electron chi connectivity index (χ4n) is 8.12. The molecule has 2 aromatic heterocycles. The lowest BCUT2D eigenvalue weighted by atomic mass is 9.90. The van der Waals surface area contributed by atoms with Gasteiger partial charge in [0, 0.05) is 39.2 Å². The minimum absolute atomic E-state index is 0.370. The lowest BCUT2D eigenvalue weighted by Crippen LogP contribution is -2.07. The number of allylic oxidation sites excluding steroid dienone is 2. The molecule has 1 atom stereocenters. The molecule has 0 N–H and O–H groups in total. The maximum atomic E-state index is 5.36. The van der Waals surface area contributed by atoms with Crippen molar-refractivity contribution >= 4 is 43.4 Å². The van der Waals surface area contributed by atoms with Crippen LogP contribution in [-0.2, 0) is 0 Å². The van der Waals surface area contributed by atoms with Gasteiger partial charge in [0.1, 0.15) is 0 Å². The van der Waals surface area contributed by atoms with Crippen LogP contribution >= 0.6 is 0 Å². The van der Waals surface area contributed by atoms with Gasteiger partial charge in [-0.15, -0.1) is 0 Å². The van der Waals surface area contributed by atoms with Crippen LogP contribution in [-0.4, -0.2) is 14.5 Å². The third-order valence-corrected chi connectivity index (χ3v) is 10.6. The summed E-state index contributed by atoms with van der Waals surface area (Å²) in [5.41, 5.74) is 9.95. The molecule has 0 fully saturated rings. The Hall–Kier alpha value is -6.32. The van der Waals surface area contributed by atoms with Crippen molar-refractivity contribution in [1.82, 2.24) is 14.5 Å². The van der Waals surface area contributed by atoms with Gasteiger partial charge in [-0.3, -0.25) is 0 Å². The number of nitrogens with zero attached hydrogens (tertiary/aromatic N) is 3. The molecule has 3 nitrogen and oxygen atoms in total. The van der Waals surface area contributed by atoms with E-state index in [4.69, 9.17) is 9.97 Å². The summed E-state index contributed by atoms with van der Waals surface area (Å²) in [6.07, 6.45) is 7.78. The molecule has 0 bridgehead atoms. The molecule has 0 amide bonds. The molecule has 0 saturated carbocycles. The summed E-state index contributed by atoms with van der Waals surface area (Å²) in [5, 5.41) is 7.57. The average molecular weight is 654 g/mol. The van der Waals surface area contributed by atoms with E-state index in [1.165, 1.54) is 43.4 Å². The highest BCUT2D eigenvalue weighted by Gasteiger charge is 2.21. The Morgan fingerprint density at radius 2 is 1.10 bits per heavy atom. The Labute approximate surface area is 297 Å². The number of hydrogen-bond donors (Lipinski definition) is 0. The monoisotopic (exact) mass is 653 g/mol. The largest absolute Gasteiger partial charge is 0.309 e. The van der Waals surface area contributed by atoms with Crippen LogP contribution in [0.2, 0.25) is 0 Å². The number of rotatable bonds is 5. The van der Waals surface area contributed by atoms with Gasteiger partial charge in [0.15, 0.2) is 5.82 Å². The van der Waals surface area contributed by atoms with Crippen molar-refractivity contribution in [2.75, 3.05) is 0 Å². The van der Waals surface area contributed by atoms with Crippen LogP contribution < -0.4 is 0 Å². The summed E-state index contributed by atoms with van der Waals surface area (Å²) in [6, 6.07) is 57.0. The smallest absolute Gasteiger partial charge is 0.160 e. The number of fused-ring (bicyclic) bond motifs is 7. The molecule has 51 heavy (non-hydrogen) atoms. The van der Waals surface area contributed by atoms with Gasteiger partial charge in [-0.2, -0.15) is 0 Å². The molecule has 1 unspecified atom stereocenters. The van der Waals surface area contributed by atoms with Gasteiger partial charge in [0.25, 0.3) is 0 Å². The molecule has 0 radical (unpaired) electrons. The van der Waals surface area contributed by atoms with Gasteiger partial charge in [-0.1, -0.05) is 133 Å². The van der Waals surface area contributed by atoms with E-state index in [1.54, 1.807) is 0 Å². The second-order valence-corrected chi connectivity index (χ2v) is 13.7. The Bertz CT molecular complexity index is 2680. The van der Waals surface area contributed by atoms with E-state index in [-0.39, 0.29) is 0 Å². The summed E-state index contributed by atoms with van der Waals surface area (Å²) in [7, 11) is 0. The van der Waals surface area contributed by atoms with Crippen LogP contribution in [0.4, 0.5) is 0 Å². The van der Waals surface area contributed by atoms with Gasteiger partial charge >= 0.3 is 0 Å². The zero-order valence-electron chi connectivity index (χ0n) is 28.2. The van der Waals surface area contributed by atoms with E-state index in [2.05, 4.69) is 174 Å². The quantitative estimate of drug-likeness (QED) is 0.173. The third kappa shape index (κ3) is 5.13. The first kappa shape index (κ1) is 29.6. The summed E-state index contributed by atoms with van der Waals surface area (Å²) >= 11 is 0. The first-order chi connectivity index (χ1) is 25.3. The predicted molar refractivity (Wildman–Crippen MR) is 213 cm³/mol. The van der Waals surface area contributed by atoms with Crippen molar-refractivity contribution in [2.24, 2.45) is 0 Å². The predicted octanol–water partition coefficient (Wildman–Crippen LogP) is 12.7. The molecule has 0 spiro atoms. The van der Waals surface area contributed by atoms with Gasteiger partial charge in [-0.05, 0) is 88.3 Å². The average Bonchev–Trinajstić information content (AvgIpc) is 3.57. The fraction of sp³-hybridized carbons (Fsp3) is 0.0833. The molecule has 0 aliphatic heterocycles. The molecule has 10 rings (SSSR count). The van der Waals surface area contributed by atoms with E-state index in [0.717, 1.165) is 64.4 Å². The van der Waals surface area contributed by atoms with Gasteiger partial charge in [0.05, 0.1) is 16.7 Å². The molecule has 2 heterocycles. The maximum absolute atomic E-state index is 5.36. The van der Waals surface area contributed by atoms with Crippen molar-refractivity contribution < 1.29 is 0 Å². The summed E-state index contributed by atoms with van der Waals surface area (Å²) in [4.78, 5) is 10.7. The van der Waals surface area contributed by atoms with Crippen molar-refractivity contribution in [3.8, 4) is 39.5 Å². The SMILES string of the molecule is C1=CCC(c2cc(-c3ccccc3)nc(-c3cc(-c4ccccc4)cc(-n4c5ccc6ccccc6c5c5c6ccccc6ccc54)c3)n2)CC1. The number of hydrogen-bond acceptors (Lipinski definition) is 2. The van der Waals surface area contributed by atoms with Crippen LogP contribution in [0.25, 0.3) is 82.8 Å². The molecule has 1 aliphatic carbocycles. The van der Waals surface area contributed by atoms with Crippen LogP contribution in [0, 0.1) is 0 Å². The van der Waals surface area contributed by atoms with Crippen molar-refractivity contribution in [3.05, 3.63) is 176 Å². The molecule has 7 aromatic carbocycles. The van der Waals surface area contributed by atoms with Crippen LogP contribution in [0.15, 0.2) is 170 Å². The summed E-state index contributed by atoms with van der Waals surface area (Å²) < 4.78 is 2.45. The normalized spacial score (nSPS) is 14.5. The second-order valence-electron chi connectivity index (χ2n) is 13.7. The van der Waals surface area contributed by atoms with E-state index in [9.17, 15) is 0 Å². The fourth-order valence-corrected chi connectivity index (χ4v) is 8.12. The summed E-state index contributed by atoms with van der Waals surface area (Å²) in [6.45, 7) is 0. The lowest BCUT2D eigenvalue weighted by molar-refractivity contribution is 0.600. The first-order valence-electron chi connectivity index (χ1n) is 17.9. The van der Waals surface area contributed by atoms with E-state index >= 15 is 0 Å². The maximum Gasteiger partial charge on any atom is 0.160 e. The molecule has 0 saturated heterocycles. The second kappa shape index (κ2) is 12.2. The number of benzene rings is 7.